The fourth-order valence-electron chi connectivity index (χ4n) is 0.714. The van der Waals surface area contributed by atoms with Crippen LogP contribution in [0.4, 0.5) is 0 Å². The van der Waals surface area contributed by atoms with Gasteiger partial charge in [-0.05, 0) is 0 Å². The second kappa shape index (κ2) is 7.15. The molecule has 0 amide bonds. The first kappa shape index (κ1) is 19.4. The van der Waals surface area contributed by atoms with E-state index in [1.54, 1.807) is 0 Å². The Kier molecular flexibility index (Phi) is 9.24. The summed E-state index contributed by atoms with van der Waals surface area (Å²) in [6.45, 7) is 0. The minimum absolute atomic E-state index is 0. The first-order valence-corrected chi connectivity index (χ1v) is 3.17. The fourth-order valence-corrected chi connectivity index (χ4v) is 0.714. The molecule has 15 heavy (non-hydrogen) atoms. The average molecular weight is 291 g/mol. The summed E-state index contributed by atoms with van der Waals surface area (Å²) in [5.74, 6) is -5.02. The van der Waals surface area contributed by atoms with Gasteiger partial charge in [0.05, 0.1) is 12.8 Å². The third kappa shape index (κ3) is 6.82. The molecular formula is C6H11BrO8. The SMILES string of the molecule is Br.O.O=C(O)CC(O)(CC(=O)O)C(=O)O. The molecule has 0 aliphatic rings. The van der Waals surface area contributed by atoms with Gasteiger partial charge in [0, 0.05) is 0 Å². The first-order valence-electron chi connectivity index (χ1n) is 3.17. The Hall–Kier alpha value is -1.19. The van der Waals surface area contributed by atoms with Crippen LogP contribution < -0.4 is 0 Å². The van der Waals surface area contributed by atoms with Gasteiger partial charge in [-0.3, -0.25) is 9.59 Å². The van der Waals surface area contributed by atoms with Crippen LogP contribution in [0.3, 0.4) is 0 Å². The van der Waals surface area contributed by atoms with E-state index in [1.807, 2.05) is 0 Å². The van der Waals surface area contributed by atoms with Crippen molar-refractivity contribution in [2.24, 2.45) is 0 Å². The molecule has 0 aliphatic carbocycles. The van der Waals surface area contributed by atoms with Gasteiger partial charge in [0.15, 0.2) is 5.60 Å². The topological polar surface area (TPSA) is 164 Å². The van der Waals surface area contributed by atoms with Crippen LogP contribution in [-0.2, 0) is 14.4 Å². The van der Waals surface area contributed by atoms with Crippen molar-refractivity contribution < 1.29 is 40.3 Å². The van der Waals surface area contributed by atoms with E-state index >= 15 is 0 Å². The second-order valence-corrected chi connectivity index (χ2v) is 2.48. The largest absolute Gasteiger partial charge is 0.481 e. The van der Waals surface area contributed by atoms with E-state index in [-0.39, 0.29) is 22.5 Å². The molecule has 0 heterocycles. The quantitative estimate of drug-likeness (QED) is 0.478. The Bertz CT molecular complexity index is 234. The van der Waals surface area contributed by atoms with E-state index in [2.05, 4.69) is 0 Å². The lowest BCUT2D eigenvalue weighted by Crippen LogP contribution is -2.42. The van der Waals surface area contributed by atoms with Gasteiger partial charge in [-0.15, -0.1) is 17.0 Å². The standard InChI is InChI=1S/C6H8O7.BrH.H2O/c7-3(8)1-6(13,5(11)12)2-4(9)10;;/h13H,1-2H2,(H,7,8)(H,9,10)(H,11,12);1H;1H2. The smallest absolute Gasteiger partial charge is 0.336 e. The van der Waals surface area contributed by atoms with E-state index < -0.39 is 36.4 Å². The van der Waals surface area contributed by atoms with Crippen LogP contribution in [-0.4, -0.2) is 49.4 Å². The Morgan fingerprint density at radius 2 is 1.20 bits per heavy atom. The number of carboxylic acids is 3. The van der Waals surface area contributed by atoms with Gasteiger partial charge in [-0.1, -0.05) is 0 Å². The predicted octanol–water partition coefficient (Wildman–Crippen LogP) is -1.50. The molecule has 8 nitrogen and oxygen atoms in total. The number of rotatable bonds is 5. The molecule has 0 saturated carbocycles. The van der Waals surface area contributed by atoms with Gasteiger partial charge >= 0.3 is 17.9 Å². The van der Waals surface area contributed by atoms with E-state index in [0.717, 1.165) is 0 Å². The molecule has 0 rings (SSSR count). The maximum absolute atomic E-state index is 10.3. The van der Waals surface area contributed by atoms with Crippen LogP contribution in [0.15, 0.2) is 0 Å². The zero-order chi connectivity index (χ0) is 10.6. The minimum Gasteiger partial charge on any atom is -0.481 e. The van der Waals surface area contributed by atoms with Crippen molar-refractivity contribution in [2.45, 2.75) is 18.4 Å². The molecular weight excluding hydrogens is 280 g/mol. The monoisotopic (exact) mass is 290 g/mol. The number of carbonyl (C=O) groups is 3. The molecule has 0 aromatic rings. The highest BCUT2D eigenvalue weighted by Gasteiger charge is 2.40. The van der Waals surface area contributed by atoms with Gasteiger partial charge in [-0.25, -0.2) is 4.79 Å². The maximum Gasteiger partial charge on any atom is 0.336 e. The van der Waals surface area contributed by atoms with Crippen LogP contribution in [0.25, 0.3) is 0 Å². The summed E-state index contributed by atoms with van der Waals surface area (Å²) in [5, 5.41) is 33.8. The summed E-state index contributed by atoms with van der Waals surface area (Å²) in [4.78, 5) is 30.5. The molecule has 9 heteroatoms. The van der Waals surface area contributed by atoms with Gasteiger partial charge in [0.2, 0.25) is 0 Å². The van der Waals surface area contributed by atoms with Gasteiger partial charge in [0.25, 0.3) is 0 Å². The van der Waals surface area contributed by atoms with Crippen molar-refractivity contribution in [3.05, 3.63) is 0 Å². The van der Waals surface area contributed by atoms with Gasteiger partial charge < -0.3 is 25.9 Å². The number of hydrogen-bond acceptors (Lipinski definition) is 4. The normalized spacial score (nSPS) is 9.40. The van der Waals surface area contributed by atoms with Crippen molar-refractivity contribution in [3.8, 4) is 0 Å². The summed E-state index contributed by atoms with van der Waals surface area (Å²) in [6, 6.07) is 0. The summed E-state index contributed by atoms with van der Waals surface area (Å²) < 4.78 is 0. The fraction of sp³-hybridized carbons (Fsp3) is 0.500. The van der Waals surface area contributed by atoms with E-state index in [0.29, 0.717) is 0 Å². The van der Waals surface area contributed by atoms with Crippen molar-refractivity contribution >= 4 is 34.9 Å². The summed E-state index contributed by atoms with van der Waals surface area (Å²) in [7, 11) is 0. The zero-order valence-electron chi connectivity index (χ0n) is 7.34. The number of carboxylic acid groups (broad SMARTS) is 3. The molecule has 0 bridgehead atoms. The van der Waals surface area contributed by atoms with Crippen molar-refractivity contribution in [2.75, 3.05) is 0 Å². The molecule has 90 valence electrons. The molecule has 0 aliphatic heterocycles. The summed E-state index contributed by atoms with van der Waals surface area (Å²) in [5.41, 5.74) is -2.74. The van der Waals surface area contributed by atoms with E-state index in [4.69, 9.17) is 20.4 Å². The third-order valence-electron chi connectivity index (χ3n) is 1.29. The summed E-state index contributed by atoms with van der Waals surface area (Å²) in [6.07, 6.45) is -2.29. The second-order valence-electron chi connectivity index (χ2n) is 2.48. The van der Waals surface area contributed by atoms with E-state index in [1.165, 1.54) is 0 Å². The van der Waals surface area contributed by atoms with Gasteiger partial charge in [-0.2, -0.15) is 0 Å². The van der Waals surface area contributed by atoms with Crippen molar-refractivity contribution in [3.63, 3.8) is 0 Å². The lowest BCUT2D eigenvalue weighted by atomic mass is 9.96. The molecule has 0 fully saturated rings. The van der Waals surface area contributed by atoms with Crippen LogP contribution in [0, 0.1) is 0 Å². The number of halogens is 1. The van der Waals surface area contributed by atoms with Crippen LogP contribution in [0.1, 0.15) is 12.8 Å². The third-order valence-corrected chi connectivity index (χ3v) is 1.29. The number of aliphatic hydroxyl groups is 1. The van der Waals surface area contributed by atoms with E-state index in [9.17, 15) is 14.4 Å². The molecule has 0 unspecified atom stereocenters. The molecule has 0 radical (unpaired) electrons. The average Bonchev–Trinajstić information content (AvgIpc) is 1.82. The highest BCUT2D eigenvalue weighted by atomic mass is 79.9. The maximum atomic E-state index is 10.3. The highest BCUT2D eigenvalue weighted by Crippen LogP contribution is 2.15. The zero-order valence-corrected chi connectivity index (χ0v) is 9.05. The predicted molar refractivity (Wildman–Crippen MR) is 51.0 cm³/mol. The molecule has 0 saturated heterocycles. The molecule has 0 spiro atoms. The molecule has 6 N–H and O–H groups in total. The highest BCUT2D eigenvalue weighted by molar-refractivity contribution is 8.93. The van der Waals surface area contributed by atoms with Crippen molar-refractivity contribution in [1.82, 2.24) is 0 Å². The van der Waals surface area contributed by atoms with Crippen molar-refractivity contribution in [1.29, 1.82) is 0 Å². The summed E-state index contributed by atoms with van der Waals surface area (Å²) >= 11 is 0. The minimum atomic E-state index is -2.74. The van der Waals surface area contributed by atoms with Crippen LogP contribution in [0.2, 0.25) is 0 Å². The number of hydrogen-bond donors (Lipinski definition) is 4. The van der Waals surface area contributed by atoms with Gasteiger partial charge in [0.1, 0.15) is 0 Å². The Morgan fingerprint density at radius 1 is 0.933 bits per heavy atom. The number of aliphatic carboxylic acids is 3. The Morgan fingerprint density at radius 3 is 1.33 bits per heavy atom. The Balaban J connectivity index is -0.000000720. The lowest BCUT2D eigenvalue weighted by Gasteiger charge is -2.18. The van der Waals surface area contributed by atoms with Crippen LogP contribution in [0.5, 0.6) is 0 Å². The first-order chi connectivity index (χ1) is 5.78. The van der Waals surface area contributed by atoms with Crippen LogP contribution >= 0.6 is 17.0 Å². The molecule has 0 atom stereocenters. The molecule has 0 aromatic heterocycles. The Labute approximate surface area is 94.2 Å². The molecule has 0 aromatic carbocycles. The lowest BCUT2D eigenvalue weighted by molar-refractivity contribution is -0.170.